The number of rotatable bonds is 7. The van der Waals surface area contributed by atoms with Crippen LogP contribution in [0.4, 0.5) is 0 Å². The first kappa shape index (κ1) is 12.5. The van der Waals surface area contributed by atoms with Gasteiger partial charge in [-0.05, 0) is 0 Å². The van der Waals surface area contributed by atoms with Crippen LogP contribution in [0.1, 0.15) is 0 Å². The van der Waals surface area contributed by atoms with E-state index in [0.29, 0.717) is 0 Å². The Balaban J connectivity index is 2.85. The molecule has 0 rings (SSSR count). The van der Waals surface area contributed by atoms with Gasteiger partial charge in [0.1, 0.15) is 0 Å². The van der Waals surface area contributed by atoms with Crippen LogP contribution in [0.15, 0.2) is 0 Å². The first-order valence-corrected chi connectivity index (χ1v) is 4.93. The predicted octanol–water partition coefficient (Wildman–Crippen LogP) is -1.74. The van der Waals surface area contributed by atoms with E-state index in [1.54, 1.807) is 7.06 Å². The Labute approximate surface area is 91.8 Å². The summed E-state index contributed by atoms with van der Waals surface area (Å²) in [7, 11) is 16.5. The van der Waals surface area contributed by atoms with E-state index in [4.69, 9.17) is 7.37 Å². The van der Waals surface area contributed by atoms with Crippen molar-refractivity contribution in [1.82, 2.24) is 0 Å². The maximum atomic E-state index is 5.11. The fraction of sp³-hybridized carbons (Fsp3) is 0. The SMILES string of the molecule is [B]=B[B][B][B][B][B][B]B(Br)Br. The second-order valence-corrected chi connectivity index (χ2v) is 4.88. The molecule has 0 aromatic heterocycles. The first-order chi connectivity index (χ1) is 5.27. The van der Waals surface area contributed by atoms with Gasteiger partial charge in [-0.1, -0.05) is 0 Å². The molecule has 7 radical (unpaired) electrons. The second kappa shape index (κ2) is 9.63. The van der Waals surface area contributed by atoms with Gasteiger partial charge in [-0.15, -0.1) is 0 Å². The molecule has 0 atom stereocenters. The first-order valence-electron chi connectivity index (χ1n) is 3.10. The van der Waals surface area contributed by atoms with Crippen molar-refractivity contribution in [3.63, 3.8) is 0 Å². The van der Waals surface area contributed by atoms with Crippen LogP contribution < -0.4 is 0 Å². The summed E-state index contributed by atoms with van der Waals surface area (Å²) in [5.74, 6) is 0. The molecule has 0 unspecified atom stereocenters. The summed E-state index contributed by atoms with van der Waals surface area (Å²) in [6.07, 6.45) is 0. The van der Waals surface area contributed by atoms with Gasteiger partial charge in [0, 0.05) is 0 Å². The summed E-state index contributed by atoms with van der Waals surface area (Å²) in [4.78, 5) is 0. The minimum atomic E-state index is 0.240. The molecule has 41 valence electrons. The number of halogens is 2. The fourth-order valence-corrected chi connectivity index (χ4v) is 0.757. The van der Waals surface area contributed by atoms with Gasteiger partial charge in [0.2, 0.25) is 0 Å². The van der Waals surface area contributed by atoms with Crippen LogP contribution in [-0.4, -0.2) is 60.7 Å². The van der Waals surface area contributed by atoms with E-state index in [0.717, 1.165) is 0 Å². The van der Waals surface area contributed by atoms with Crippen molar-refractivity contribution in [2.24, 2.45) is 0 Å². The molecule has 0 bridgehead atoms. The van der Waals surface area contributed by atoms with Crippen molar-refractivity contribution in [1.29, 1.82) is 0 Å². The van der Waals surface area contributed by atoms with Gasteiger partial charge in [-0.25, -0.2) is 0 Å². The maximum absolute atomic E-state index is 5.11. The van der Waals surface area contributed by atoms with Crippen LogP contribution in [0.2, 0.25) is 0 Å². The van der Waals surface area contributed by atoms with Gasteiger partial charge in [-0.3, -0.25) is 0 Å². The van der Waals surface area contributed by atoms with Crippen LogP contribution >= 0.6 is 31.5 Å². The van der Waals surface area contributed by atoms with Gasteiger partial charge in [0.05, 0.1) is 0 Å². The molecular weight excluding hydrogens is 257 g/mol. The molecule has 0 aliphatic rings. The van der Waals surface area contributed by atoms with E-state index in [1.165, 1.54) is 6.69 Å². The Morgan fingerprint density at radius 1 is 0.909 bits per heavy atom. The molecule has 11 heavy (non-hydrogen) atoms. The normalized spacial score (nSPS) is 7.00. The molecule has 0 aliphatic heterocycles. The molecule has 0 aromatic carbocycles. The van der Waals surface area contributed by atoms with E-state index in [2.05, 4.69) is 31.5 Å². The van der Waals surface area contributed by atoms with Crippen molar-refractivity contribution < 1.29 is 0 Å². The number of hydrogen-bond donors (Lipinski definition) is 0. The summed E-state index contributed by atoms with van der Waals surface area (Å²) in [6, 6.07) is 0. The van der Waals surface area contributed by atoms with Crippen LogP contribution in [0, 0.1) is 0 Å². The third-order valence-electron chi connectivity index (χ3n) is 0.812. The third kappa shape index (κ3) is 11.5. The summed E-state index contributed by atoms with van der Waals surface area (Å²) in [5.41, 5.74) is 0. The molecule has 0 fully saturated rings. The molecule has 0 aromatic rings. The quantitative estimate of drug-likeness (QED) is 0.375. The molecule has 0 heterocycles. The summed E-state index contributed by atoms with van der Waals surface area (Å²) >= 11 is 6.62. The topological polar surface area (TPSA) is 0 Å². The molecule has 0 aliphatic carbocycles. The molecule has 0 nitrogen and oxygen atoms in total. The van der Waals surface area contributed by atoms with E-state index in [9.17, 15) is 0 Å². The predicted molar refractivity (Wildman–Crippen MR) is 69.6 cm³/mol. The summed E-state index contributed by atoms with van der Waals surface area (Å²) in [5, 5.41) is 0. The third-order valence-corrected chi connectivity index (χ3v) is 1.42. The standard InChI is InChI=1S/B9Br2/c1-2-3-4-5-6-7-8-9(10)11. The van der Waals surface area contributed by atoms with E-state index >= 15 is 0 Å². The van der Waals surface area contributed by atoms with Crippen LogP contribution in [-0.2, 0) is 0 Å². The van der Waals surface area contributed by atoms with Gasteiger partial charge in [0.25, 0.3) is 0 Å². The van der Waals surface area contributed by atoms with Crippen LogP contribution in [0.3, 0.4) is 0 Å². The van der Waals surface area contributed by atoms with Crippen molar-refractivity contribution in [2.45, 2.75) is 0 Å². The zero-order valence-corrected chi connectivity index (χ0v) is 9.12. The minimum absolute atomic E-state index is 0.240. The van der Waals surface area contributed by atoms with Gasteiger partial charge in [-0.2, -0.15) is 0 Å². The zero-order valence-electron chi connectivity index (χ0n) is 5.95. The molecule has 0 N–H and O–H groups in total. The number of hydrogen-bond acceptors (Lipinski definition) is 0. The van der Waals surface area contributed by atoms with Crippen molar-refractivity contribution in [2.75, 3.05) is 0 Å². The summed E-state index contributed by atoms with van der Waals surface area (Å²) in [6.45, 7) is 1.49. The van der Waals surface area contributed by atoms with Crippen molar-refractivity contribution in [3.8, 4) is 0 Å². The average Bonchev–Trinajstić information content (AvgIpc) is 1.96. The van der Waals surface area contributed by atoms with E-state index < -0.39 is 0 Å². The Bertz CT molecular complexity index is 89.6. The Kier molecular flexibility index (Phi) is 11.0. The van der Waals surface area contributed by atoms with Crippen molar-refractivity contribution in [3.05, 3.63) is 0 Å². The van der Waals surface area contributed by atoms with Crippen molar-refractivity contribution >= 4 is 92.2 Å². The summed E-state index contributed by atoms with van der Waals surface area (Å²) < 4.78 is 0.240. The van der Waals surface area contributed by atoms with Crippen LogP contribution in [0.25, 0.3) is 0 Å². The Morgan fingerprint density at radius 2 is 1.45 bits per heavy atom. The average molecular weight is 257 g/mol. The monoisotopic (exact) mass is 257 g/mol. The Hall–Kier alpha value is 1.54. The molecule has 0 spiro atoms. The zero-order chi connectivity index (χ0) is 8.53. The second-order valence-electron chi connectivity index (χ2n) is 1.68. The Morgan fingerprint density at radius 3 is 2.00 bits per heavy atom. The molecular formula is B9Br2. The fourth-order valence-electron chi connectivity index (χ4n) is 0.405. The molecule has 0 amide bonds. The molecule has 0 saturated heterocycles. The van der Waals surface area contributed by atoms with Crippen LogP contribution in [0.5, 0.6) is 0 Å². The van der Waals surface area contributed by atoms with E-state index in [-0.39, 0.29) is 4.25 Å². The van der Waals surface area contributed by atoms with Gasteiger partial charge < -0.3 is 0 Å². The molecule has 0 saturated carbocycles. The van der Waals surface area contributed by atoms with E-state index in [1.807, 2.05) is 35.3 Å². The van der Waals surface area contributed by atoms with Gasteiger partial charge in [0.15, 0.2) is 0 Å². The molecule has 11 heteroatoms. The van der Waals surface area contributed by atoms with Gasteiger partial charge >= 0.3 is 92.2 Å².